The maximum atomic E-state index is 5.89. The van der Waals surface area contributed by atoms with Gasteiger partial charge in [-0.25, -0.2) is 0 Å². The third kappa shape index (κ3) is 2.93. The first-order chi connectivity index (χ1) is 10.4. The highest BCUT2D eigenvalue weighted by Crippen LogP contribution is 2.34. The summed E-state index contributed by atoms with van der Waals surface area (Å²) in [5, 5.41) is 3.67. The van der Waals surface area contributed by atoms with E-state index in [0.29, 0.717) is 18.2 Å². The number of hydrogen-bond donors (Lipinski definition) is 1. The largest absolute Gasteiger partial charge is 0.378 e. The van der Waals surface area contributed by atoms with Crippen LogP contribution in [0, 0.1) is 0 Å². The SMILES string of the molecule is c1cc(N2CCOCC2)ccc1CNC1CC2CCC1O2. The average Bonchev–Trinajstić information content (AvgIpc) is 3.17. The second kappa shape index (κ2) is 5.95. The second-order valence-corrected chi connectivity index (χ2v) is 6.36. The molecule has 1 N–H and O–H groups in total. The molecule has 1 aromatic carbocycles. The van der Waals surface area contributed by atoms with Gasteiger partial charge in [0.05, 0.1) is 25.4 Å². The number of nitrogens with zero attached hydrogens (tertiary/aromatic N) is 1. The maximum absolute atomic E-state index is 5.89. The maximum Gasteiger partial charge on any atom is 0.0733 e. The van der Waals surface area contributed by atoms with Crippen molar-refractivity contribution < 1.29 is 9.47 Å². The summed E-state index contributed by atoms with van der Waals surface area (Å²) in [5.74, 6) is 0. The minimum atomic E-state index is 0.461. The summed E-state index contributed by atoms with van der Waals surface area (Å²) in [6.45, 7) is 4.63. The van der Waals surface area contributed by atoms with Crippen LogP contribution in [0.5, 0.6) is 0 Å². The van der Waals surface area contributed by atoms with E-state index in [0.717, 1.165) is 32.8 Å². The molecular formula is C17H24N2O2. The number of anilines is 1. The Morgan fingerprint density at radius 1 is 1.10 bits per heavy atom. The number of benzene rings is 1. The summed E-state index contributed by atoms with van der Waals surface area (Å²) in [5.41, 5.74) is 2.67. The highest BCUT2D eigenvalue weighted by molar-refractivity contribution is 5.47. The van der Waals surface area contributed by atoms with Crippen LogP contribution in [0.15, 0.2) is 24.3 Å². The molecule has 3 fully saturated rings. The molecule has 3 heterocycles. The number of rotatable bonds is 4. The van der Waals surface area contributed by atoms with Gasteiger partial charge in [0, 0.05) is 31.4 Å². The van der Waals surface area contributed by atoms with Gasteiger partial charge in [-0.1, -0.05) is 12.1 Å². The van der Waals surface area contributed by atoms with Gasteiger partial charge < -0.3 is 19.7 Å². The lowest BCUT2D eigenvalue weighted by atomic mass is 9.95. The normalized spacial score (nSPS) is 31.8. The average molecular weight is 288 g/mol. The smallest absolute Gasteiger partial charge is 0.0733 e. The quantitative estimate of drug-likeness (QED) is 0.918. The van der Waals surface area contributed by atoms with Crippen LogP contribution in [0.4, 0.5) is 5.69 Å². The summed E-state index contributed by atoms with van der Waals surface area (Å²) < 4.78 is 11.3. The van der Waals surface area contributed by atoms with E-state index in [1.54, 1.807) is 0 Å². The van der Waals surface area contributed by atoms with E-state index in [1.165, 1.54) is 30.5 Å². The summed E-state index contributed by atoms with van der Waals surface area (Å²) in [6, 6.07) is 9.51. The molecule has 3 aliphatic rings. The number of hydrogen-bond acceptors (Lipinski definition) is 4. The van der Waals surface area contributed by atoms with E-state index in [-0.39, 0.29) is 0 Å². The van der Waals surface area contributed by atoms with Gasteiger partial charge in [0.2, 0.25) is 0 Å². The molecule has 0 saturated carbocycles. The van der Waals surface area contributed by atoms with E-state index in [9.17, 15) is 0 Å². The summed E-state index contributed by atoms with van der Waals surface area (Å²) in [7, 11) is 0. The van der Waals surface area contributed by atoms with Crippen molar-refractivity contribution in [1.82, 2.24) is 5.32 Å². The van der Waals surface area contributed by atoms with Crippen molar-refractivity contribution in [2.24, 2.45) is 0 Å². The van der Waals surface area contributed by atoms with Crippen LogP contribution in [0.2, 0.25) is 0 Å². The summed E-state index contributed by atoms with van der Waals surface area (Å²) >= 11 is 0. The lowest BCUT2D eigenvalue weighted by Gasteiger charge is -2.29. The molecule has 0 amide bonds. The van der Waals surface area contributed by atoms with Crippen LogP contribution in [0.3, 0.4) is 0 Å². The van der Waals surface area contributed by atoms with Crippen molar-refractivity contribution >= 4 is 5.69 Å². The van der Waals surface area contributed by atoms with E-state index in [1.807, 2.05) is 0 Å². The molecule has 0 radical (unpaired) electrons. The van der Waals surface area contributed by atoms with Gasteiger partial charge in [0.1, 0.15) is 0 Å². The van der Waals surface area contributed by atoms with Gasteiger partial charge in [0.15, 0.2) is 0 Å². The van der Waals surface area contributed by atoms with Crippen molar-refractivity contribution in [3.8, 4) is 0 Å². The van der Waals surface area contributed by atoms with Gasteiger partial charge in [-0.2, -0.15) is 0 Å². The molecule has 4 rings (SSSR count). The molecule has 4 heteroatoms. The lowest BCUT2D eigenvalue weighted by Crippen LogP contribution is -2.37. The van der Waals surface area contributed by atoms with Gasteiger partial charge in [0.25, 0.3) is 0 Å². The van der Waals surface area contributed by atoms with Crippen LogP contribution in [0.25, 0.3) is 0 Å². The van der Waals surface area contributed by atoms with E-state index in [4.69, 9.17) is 9.47 Å². The number of nitrogens with one attached hydrogen (secondary N) is 1. The van der Waals surface area contributed by atoms with E-state index < -0.39 is 0 Å². The molecule has 0 spiro atoms. The van der Waals surface area contributed by atoms with Crippen LogP contribution < -0.4 is 10.2 Å². The molecule has 21 heavy (non-hydrogen) atoms. The minimum Gasteiger partial charge on any atom is -0.378 e. The molecule has 3 aliphatic heterocycles. The monoisotopic (exact) mass is 288 g/mol. The zero-order valence-corrected chi connectivity index (χ0v) is 12.5. The third-order valence-electron chi connectivity index (χ3n) is 4.99. The number of morpholine rings is 1. The van der Waals surface area contributed by atoms with Crippen LogP contribution in [-0.2, 0) is 16.0 Å². The van der Waals surface area contributed by atoms with Crippen molar-refractivity contribution in [1.29, 1.82) is 0 Å². The Morgan fingerprint density at radius 2 is 1.90 bits per heavy atom. The first-order valence-corrected chi connectivity index (χ1v) is 8.19. The van der Waals surface area contributed by atoms with Crippen LogP contribution >= 0.6 is 0 Å². The Bertz CT molecular complexity index is 470. The van der Waals surface area contributed by atoms with Crippen molar-refractivity contribution in [3.63, 3.8) is 0 Å². The van der Waals surface area contributed by atoms with E-state index in [2.05, 4.69) is 34.5 Å². The fourth-order valence-corrected chi connectivity index (χ4v) is 3.75. The van der Waals surface area contributed by atoms with Gasteiger partial charge in [-0.3, -0.25) is 0 Å². The molecule has 4 nitrogen and oxygen atoms in total. The van der Waals surface area contributed by atoms with Crippen LogP contribution in [-0.4, -0.2) is 44.6 Å². The summed E-state index contributed by atoms with van der Waals surface area (Å²) in [4.78, 5) is 2.39. The molecule has 1 aromatic rings. The molecule has 0 aliphatic carbocycles. The molecule has 114 valence electrons. The third-order valence-corrected chi connectivity index (χ3v) is 4.99. The highest BCUT2D eigenvalue weighted by Gasteiger charge is 2.40. The number of ether oxygens (including phenoxy) is 2. The lowest BCUT2D eigenvalue weighted by molar-refractivity contribution is 0.0973. The predicted octanol–water partition coefficient (Wildman–Crippen LogP) is 1.93. The van der Waals surface area contributed by atoms with Crippen LogP contribution in [0.1, 0.15) is 24.8 Å². The Morgan fingerprint density at radius 3 is 2.57 bits per heavy atom. The van der Waals surface area contributed by atoms with Crippen molar-refractivity contribution in [3.05, 3.63) is 29.8 Å². The Kier molecular flexibility index (Phi) is 3.84. The summed E-state index contributed by atoms with van der Waals surface area (Å²) in [6.07, 6.45) is 4.67. The topological polar surface area (TPSA) is 33.7 Å². The molecule has 3 unspecified atom stereocenters. The first kappa shape index (κ1) is 13.6. The standard InChI is InChI=1S/C17H24N2O2/c1-3-14(19-7-9-20-10-8-19)4-2-13(1)12-18-16-11-15-5-6-17(16)21-15/h1-4,15-18H,5-12H2. The van der Waals surface area contributed by atoms with Gasteiger partial charge >= 0.3 is 0 Å². The highest BCUT2D eigenvalue weighted by atomic mass is 16.5. The zero-order chi connectivity index (χ0) is 14.1. The van der Waals surface area contributed by atoms with Gasteiger partial charge in [-0.05, 0) is 37.0 Å². The van der Waals surface area contributed by atoms with Crippen molar-refractivity contribution in [2.75, 3.05) is 31.2 Å². The molecular weight excluding hydrogens is 264 g/mol. The zero-order valence-electron chi connectivity index (χ0n) is 12.5. The molecule has 3 atom stereocenters. The fraction of sp³-hybridized carbons (Fsp3) is 0.647. The van der Waals surface area contributed by atoms with Gasteiger partial charge in [-0.15, -0.1) is 0 Å². The first-order valence-electron chi connectivity index (χ1n) is 8.19. The minimum absolute atomic E-state index is 0.461. The Labute approximate surface area is 126 Å². The molecule has 0 aromatic heterocycles. The Balaban J connectivity index is 1.31. The fourth-order valence-electron chi connectivity index (χ4n) is 3.75. The van der Waals surface area contributed by atoms with E-state index >= 15 is 0 Å². The molecule has 3 saturated heterocycles. The predicted molar refractivity (Wildman–Crippen MR) is 82.6 cm³/mol. The Hall–Kier alpha value is -1.10. The second-order valence-electron chi connectivity index (χ2n) is 6.36. The number of fused-ring (bicyclic) bond motifs is 2. The van der Waals surface area contributed by atoms with Crippen molar-refractivity contribution in [2.45, 2.75) is 44.1 Å². The molecule has 2 bridgehead atoms.